The van der Waals surface area contributed by atoms with Gasteiger partial charge in [0.2, 0.25) is 0 Å². The summed E-state index contributed by atoms with van der Waals surface area (Å²) in [4.78, 5) is 0. The van der Waals surface area contributed by atoms with E-state index < -0.39 is 18.3 Å². The van der Waals surface area contributed by atoms with Gasteiger partial charge in [0, 0.05) is 33.3 Å². The molecule has 0 atom stereocenters. The van der Waals surface area contributed by atoms with Crippen molar-refractivity contribution in [2.45, 2.75) is 0 Å². The van der Waals surface area contributed by atoms with Crippen LogP contribution in [-0.4, -0.2) is 43.3 Å². The molecule has 0 aliphatic rings. The maximum Gasteiger partial charge on any atom is 0.397 e. The van der Waals surface area contributed by atoms with E-state index in [1.54, 1.807) is 0 Å². The molecule has 0 saturated carbocycles. The molecule has 0 saturated heterocycles. The van der Waals surface area contributed by atoms with Crippen LogP contribution in [0, 0.1) is 0 Å². The first kappa shape index (κ1) is 22.8. The molecule has 0 aliphatic carbocycles. The van der Waals surface area contributed by atoms with Crippen molar-refractivity contribution in [2.75, 3.05) is 0 Å². The molecule has 1 radical (unpaired) electrons. The zero-order chi connectivity index (χ0) is 7.00. The van der Waals surface area contributed by atoms with Crippen LogP contribution in [0.5, 0.6) is 0 Å². The summed E-state index contributed by atoms with van der Waals surface area (Å²) >= 11 is 0. The molecule has 11 heteroatoms. The monoisotopic (exact) mass is 309 g/mol. The zero-order valence-corrected chi connectivity index (χ0v) is 7.66. The second-order valence-corrected chi connectivity index (χ2v) is 5.09. The van der Waals surface area contributed by atoms with E-state index in [4.69, 9.17) is 9.11 Å². The molecule has 0 fully saturated rings. The van der Waals surface area contributed by atoms with Crippen LogP contribution in [0.1, 0.15) is 0 Å². The first-order chi connectivity index (χ1) is 3.25. The Labute approximate surface area is 94.3 Å². The standard InChI is InChI=1S/Al.Co.Ni.H2O6S2.3H/c;;;1-7(2,3)8(4,5)6;;;/h;;;(H,1,2,3)(H,4,5,6);;;. The summed E-state index contributed by atoms with van der Waals surface area (Å²) < 4.78 is 52.5. The SMILES string of the molecule is O=S(=O)(O)S(=O)(=O)O.[AlH3].[Co].[Ni]. The zero-order valence-electron chi connectivity index (χ0n) is 3.99. The van der Waals surface area contributed by atoms with Crippen molar-refractivity contribution in [1.82, 2.24) is 0 Å². The van der Waals surface area contributed by atoms with Crippen molar-refractivity contribution in [3.63, 3.8) is 0 Å². The van der Waals surface area contributed by atoms with E-state index in [1.165, 1.54) is 0 Å². The summed E-state index contributed by atoms with van der Waals surface area (Å²) in [5.74, 6) is 0. The van der Waals surface area contributed by atoms with Crippen molar-refractivity contribution < 1.29 is 59.2 Å². The normalized spacial score (nSPS) is 10.0. The molecule has 0 amide bonds. The molecule has 0 unspecified atom stereocenters. The van der Waals surface area contributed by atoms with Crippen LogP contribution < -0.4 is 0 Å². The molecule has 0 aromatic heterocycles. The maximum absolute atomic E-state index is 9.37. The molecule has 0 aromatic carbocycles. The van der Waals surface area contributed by atoms with Gasteiger partial charge < -0.3 is 0 Å². The number of hydrogen-bond acceptors (Lipinski definition) is 4. The summed E-state index contributed by atoms with van der Waals surface area (Å²) in [6.07, 6.45) is 0. The average Bonchev–Trinajstić information content (AvgIpc) is 1.25. The fourth-order valence-electron chi connectivity index (χ4n) is 0. The molecule has 75 valence electrons. The van der Waals surface area contributed by atoms with Gasteiger partial charge >= 0.3 is 18.3 Å². The molecule has 0 bridgehead atoms. The molecule has 0 aliphatic heterocycles. The van der Waals surface area contributed by atoms with E-state index in [9.17, 15) is 16.8 Å². The molecule has 11 heavy (non-hydrogen) atoms. The van der Waals surface area contributed by atoms with Gasteiger partial charge in [-0.3, -0.25) is 9.11 Å². The van der Waals surface area contributed by atoms with E-state index in [2.05, 4.69) is 0 Å². The van der Waals surface area contributed by atoms with Crippen LogP contribution >= 0.6 is 0 Å². The number of hydrogen-bond donors (Lipinski definition) is 2. The molecule has 0 spiro atoms. The van der Waals surface area contributed by atoms with Crippen molar-refractivity contribution >= 4 is 35.7 Å². The maximum atomic E-state index is 9.37. The van der Waals surface area contributed by atoms with E-state index in [0.29, 0.717) is 0 Å². The van der Waals surface area contributed by atoms with Crippen molar-refractivity contribution in [3.8, 4) is 0 Å². The quantitative estimate of drug-likeness (QED) is 0.314. The van der Waals surface area contributed by atoms with Gasteiger partial charge in [0.25, 0.3) is 0 Å². The molecular formula is H5AlCoNiO6S2. The Hall–Kier alpha value is 1.35. The summed E-state index contributed by atoms with van der Waals surface area (Å²) in [6, 6.07) is 0. The number of rotatable bonds is 1. The molecule has 0 heterocycles. The summed E-state index contributed by atoms with van der Waals surface area (Å²) in [5.41, 5.74) is 0. The minimum absolute atomic E-state index is 0. The first-order valence-corrected chi connectivity index (χ1v) is 4.60. The van der Waals surface area contributed by atoms with Crippen LogP contribution in [0.4, 0.5) is 0 Å². The third kappa shape index (κ3) is 9.27. The van der Waals surface area contributed by atoms with Gasteiger partial charge in [0.15, 0.2) is 17.4 Å². The predicted molar refractivity (Wildman–Crippen MR) is 33.0 cm³/mol. The van der Waals surface area contributed by atoms with Gasteiger partial charge in [-0.15, -0.1) is 0 Å². The third-order valence-corrected chi connectivity index (χ3v) is 2.40. The van der Waals surface area contributed by atoms with Crippen LogP contribution in [0.2, 0.25) is 0 Å². The van der Waals surface area contributed by atoms with Crippen LogP contribution in [0.25, 0.3) is 0 Å². The molecule has 2 N–H and O–H groups in total. The summed E-state index contributed by atoms with van der Waals surface area (Å²) in [7, 11) is -10.6. The topological polar surface area (TPSA) is 109 Å². The molecule has 6 nitrogen and oxygen atoms in total. The fraction of sp³-hybridized carbons (Fsp3) is 0. The smallest absolute Gasteiger partial charge is 0.272 e. The van der Waals surface area contributed by atoms with Crippen LogP contribution in [0.3, 0.4) is 0 Å². The van der Waals surface area contributed by atoms with E-state index in [-0.39, 0.29) is 50.6 Å². The Morgan fingerprint density at radius 3 is 0.909 bits per heavy atom. The van der Waals surface area contributed by atoms with E-state index in [1.807, 2.05) is 0 Å². The third-order valence-electron chi connectivity index (χ3n) is 0.266. The van der Waals surface area contributed by atoms with Crippen molar-refractivity contribution in [2.24, 2.45) is 0 Å². The largest absolute Gasteiger partial charge is 0.397 e. The van der Waals surface area contributed by atoms with Gasteiger partial charge in [-0.2, -0.15) is 16.8 Å². The molecular weight excluding hydrogens is 305 g/mol. The second kappa shape index (κ2) is 6.82. The van der Waals surface area contributed by atoms with Gasteiger partial charge in [-0.05, 0) is 0 Å². The van der Waals surface area contributed by atoms with Gasteiger partial charge in [-0.25, -0.2) is 0 Å². The second-order valence-electron chi connectivity index (χ2n) is 0.855. The van der Waals surface area contributed by atoms with Gasteiger partial charge in [0.1, 0.15) is 0 Å². The molecule has 0 rings (SSSR count). The van der Waals surface area contributed by atoms with E-state index >= 15 is 0 Å². The average molecular weight is 310 g/mol. The summed E-state index contributed by atoms with van der Waals surface area (Å²) in [6.45, 7) is 0. The molecule has 0 aromatic rings. The van der Waals surface area contributed by atoms with Crippen molar-refractivity contribution in [3.05, 3.63) is 0 Å². The fourth-order valence-corrected chi connectivity index (χ4v) is 0. The minimum atomic E-state index is -5.31. The Morgan fingerprint density at radius 2 is 0.909 bits per heavy atom. The summed E-state index contributed by atoms with van der Waals surface area (Å²) in [5, 5.41) is 0. The van der Waals surface area contributed by atoms with Crippen LogP contribution in [0.15, 0.2) is 0 Å². The Morgan fingerprint density at radius 1 is 0.818 bits per heavy atom. The van der Waals surface area contributed by atoms with Crippen molar-refractivity contribution in [1.29, 1.82) is 0 Å². The predicted octanol–water partition coefficient (Wildman–Crippen LogP) is -2.51. The first-order valence-electron chi connectivity index (χ1n) is 1.20. The Bertz CT molecular complexity index is 233. The van der Waals surface area contributed by atoms with Crippen LogP contribution in [-0.2, 0) is 51.6 Å². The Balaban J connectivity index is -0.0000000817. The minimum Gasteiger partial charge on any atom is -0.272 e. The van der Waals surface area contributed by atoms with Gasteiger partial charge in [-0.1, -0.05) is 0 Å². The van der Waals surface area contributed by atoms with Gasteiger partial charge in [0.05, 0.1) is 0 Å². The Kier molecular flexibility index (Phi) is 14.2. The van der Waals surface area contributed by atoms with E-state index in [0.717, 1.165) is 0 Å².